The van der Waals surface area contributed by atoms with Gasteiger partial charge < -0.3 is 10.6 Å². The van der Waals surface area contributed by atoms with Gasteiger partial charge in [-0.25, -0.2) is 4.39 Å². The first kappa shape index (κ1) is 14.9. The van der Waals surface area contributed by atoms with Crippen molar-refractivity contribution in [1.29, 1.82) is 0 Å². The average molecular weight is 324 g/mol. The fourth-order valence-electron chi connectivity index (χ4n) is 3.50. The Morgan fingerprint density at radius 2 is 2.00 bits per heavy atom. The van der Waals surface area contributed by atoms with Crippen LogP contribution in [0.2, 0.25) is 0 Å². The number of halogens is 1. The Balaban J connectivity index is 1.61. The molecule has 2 aromatic rings. The van der Waals surface area contributed by atoms with E-state index in [0.717, 1.165) is 12.0 Å². The number of anilines is 1. The van der Waals surface area contributed by atoms with Crippen LogP contribution in [-0.2, 0) is 16.8 Å². The summed E-state index contributed by atoms with van der Waals surface area (Å²) in [7, 11) is 0. The van der Waals surface area contributed by atoms with Crippen LogP contribution in [0.5, 0.6) is 0 Å². The first-order chi connectivity index (χ1) is 11.6. The summed E-state index contributed by atoms with van der Waals surface area (Å²) in [6, 6.07) is 11.6. The molecule has 1 heterocycles. The van der Waals surface area contributed by atoms with E-state index >= 15 is 0 Å². The van der Waals surface area contributed by atoms with Gasteiger partial charge in [0, 0.05) is 17.8 Å². The quantitative estimate of drug-likeness (QED) is 0.911. The van der Waals surface area contributed by atoms with Gasteiger partial charge in [0.25, 0.3) is 5.91 Å². The van der Waals surface area contributed by atoms with Crippen LogP contribution < -0.4 is 10.6 Å². The lowest BCUT2D eigenvalue weighted by Crippen LogP contribution is -2.46. The Labute approximate surface area is 139 Å². The second-order valence-corrected chi connectivity index (χ2v) is 6.45. The van der Waals surface area contributed by atoms with Crippen molar-refractivity contribution in [3.63, 3.8) is 0 Å². The highest BCUT2D eigenvalue weighted by molar-refractivity contribution is 6.03. The van der Waals surface area contributed by atoms with Crippen molar-refractivity contribution in [3.8, 4) is 0 Å². The topological polar surface area (TPSA) is 58.2 Å². The summed E-state index contributed by atoms with van der Waals surface area (Å²) < 4.78 is 13.6. The van der Waals surface area contributed by atoms with E-state index in [4.69, 9.17) is 0 Å². The van der Waals surface area contributed by atoms with Crippen LogP contribution in [-0.4, -0.2) is 11.8 Å². The first-order valence-electron chi connectivity index (χ1n) is 8.07. The summed E-state index contributed by atoms with van der Waals surface area (Å²) in [5.74, 6) is -0.594. The number of benzene rings is 2. The third-order valence-electron chi connectivity index (χ3n) is 5.07. The number of carbonyl (C=O) groups excluding carboxylic acids is 2. The zero-order chi connectivity index (χ0) is 16.7. The van der Waals surface area contributed by atoms with E-state index in [1.54, 1.807) is 24.3 Å². The van der Waals surface area contributed by atoms with Gasteiger partial charge in [-0.3, -0.25) is 9.59 Å². The Hall–Kier alpha value is -2.69. The van der Waals surface area contributed by atoms with E-state index in [0.29, 0.717) is 36.2 Å². The standard InChI is InChI=1S/C19H17FN2O2/c20-14-4-1-3-13(9-14)19(7-2-8-19)18(24)22-15-6-5-12-11-21-17(23)16(12)10-15/h1,3-6,9-10H,2,7-8,11H2,(H,21,23)(H,22,24). The van der Waals surface area contributed by atoms with Crippen LogP contribution in [0, 0.1) is 5.82 Å². The molecule has 122 valence electrons. The van der Waals surface area contributed by atoms with Crippen LogP contribution in [0.25, 0.3) is 0 Å². The van der Waals surface area contributed by atoms with Gasteiger partial charge in [-0.15, -0.1) is 0 Å². The third-order valence-corrected chi connectivity index (χ3v) is 5.07. The molecular formula is C19H17FN2O2. The molecule has 0 saturated heterocycles. The van der Waals surface area contributed by atoms with Crippen LogP contribution in [0.4, 0.5) is 10.1 Å². The van der Waals surface area contributed by atoms with Gasteiger partial charge in [-0.1, -0.05) is 24.6 Å². The molecule has 0 radical (unpaired) electrons. The van der Waals surface area contributed by atoms with E-state index in [1.807, 2.05) is 6.07 Å². The molecule has 2 amide bonds. The summed E-state index contributed by atoms with van der Waals surface area (Å²) in [5.41, 5.74) is 2.16. The number of amides is 2. The normalized spacial score (nSPS) is 17.6. The highest BCUT2D eigenvalue weighted by Gasteiger charge is 2.45. The molecule has 2 aliphatic rings. The molecule has 2 N–H and O–H groups in total. The zero-order valence-corrected chi connectivity index (χ0v) is 13.1. The molecule has 0 aromatic heterocycles. The summed E-state index contributed by atoms with van der Waals surface area (Å²) >= 11 is 0. The molecule has 2 aromatic carbocycles. The summed E-state index contributed by atoms with van der Waals surface area (Å²) in [5, 5.41) is 5.67. The van der Waals surface area contributed by atoms with Crippen molar-refractivity contribution < 1.29 is 14.0 Å². The number of fused-ring (bicyclic) bond motifs is 1. The Kier molecular flexibility index (Phi) is 3.37. The largest absolute Gasteiger partial charge is 0.348 e. The maximum atomic E-state index is 13.6. The minimum absolute atomic E-state index is 0.121. The molecular weight excluding hydrogens is 307 g/mol. The Morgan fingerprint density at radius 3 is 2.71 bits per heavy atom. The monoisotopic (exact) mass is 324 g/mol. The summed E-state index contributed by atoms with van der Waals surface area (Å²) in [4.78, 5) is 24.6. The van der Waals surface area contributed by atoms with Crippen molar-refractivity contribution in [2.24, 2.45) is 0 Å². The number of nitrogens with one attached hydrogen (secondary N) is 2. The second kappa shape index (κ2) is 5.44. The maximum absolute atomic E-state index is 13.6. The lowest BCUT2D eigenvalue weighted by Gasteiger charge is -2.40. The van der Waals surface area contributed by atoms with Crippen molar-refractivity contribution in [2.75, 3.05) is 5.32 Å². The van der Waals surface area contributed by atoms with Crippen LogP contribution in [0.15, 0.2) is 42.5 Å². The van der Waals surface area contributed by atoms with Crippen LogP contribution in [0.1, 0.15) is 40.7 Å². The molecule has 5 heteroatoms. The molecule has 0 atom stereocenters. The van der Waals surface area contributed by atoms with Gasteiger partial charge >= 0.3 is 0 Å². The van der Waals surface area contributed by atoms with Crippen molar-refractivity contribution >= 4 is 17.5 Å². The summed E-state index contributed by atoms with van der Waals surface area (Å²) in [6.45, 7) is 0.523. The number of hydrogen-bond donors (Lipinski definition) is 2. The highest BCUT2D eigenvalue weighted by Crippen LogP contribution is 2.44. The molecule has 1 aliphatic heterocycles. The van der Waals surface area contributed by atoms with Crippen LogP contribution in [0.3, 0.4) is 0 Å². The third kappa shape index (κ3) is 2.28. The van der Waals surface area contributed by atoms with E-state index in [2.05, 4.69) is 10.6 Å². The second-order valence-electron chi connectivity index (χ2n) is 6.45. The molecule has 0 bridgehead atoms. The first-order valence-corrected chi connectivity index (χ1v) is 8.07. The predicted molar refractivity (Wildman–Crippen MR) is 88.2 cm³/mol. The van der Waals surface area contributed by atoms with Gasteiger partial charge in [0.15, 0.2) is 0 Å². The number of carbonyl (C=O) groups is 2. The minimum Gasteiger partial charge on any atom is -0.348 e. The lowest BCUT2D eigenvalue weighted by atomic mass is 9.63. The van der Waals surface area contributed by atoms with E-state index in [1.165, 1.54) is 12.1 Å². The van der Waals surface area contributed by atoms with Gasteiger partial charge in [0.2, 0.25) is 5.91 Å². The maximum Gasteiger partial charge on any atom is 0.251 e. The molecule has 0 unspecified atom stereocenters. The SMILES string of the molecule is O=C1NCc2ccc(NC(=O)C3(c4cccc(F)c4)CCC3)cc21. The predicted octanol–water partition coefficient (Wildman–Crippen LogP) is 3.13. The van der Waals surface area contributed by atoms with Crippen molar-refractivity contribution in [2.45, 2.75) is 31.2 Å². The van der Waals surface area contributed by atoms with E-state index in [9.17, 15) is 14.0 Å². The Bertz CT molecular complexity index is 843. The van der Waals surface area contributed by atoms with Gasteiger partial charge in [-0.2, -0.15) is 0 Å². The summed E-state index contributed by atoms with van der Waals surface area (Å²) in [6.07, 6.45) is 2.35. The van der Waals surface area contributed by atoms with E-state index < -0.39 is 5.41 Å². The van der Waals surface area contributed by atoms with Crippen molar-refractivity contribution in [3.05, 3.63) is 65.0 Å². The molecule has 1 fully saturated rings. The Morgan fingerprint density at radius 1 is 1.17 bits per heavy atom. The fraction of sp³-hybridized carbons (Fsp3) is 0.263. The van der Waals surface area contributed by atoms with Gasteiger partial charge in [-0.05, 0) is 48.2 Å². The zero-order valence-electron chi connectivity index (χ0n) is 13.1. The molecule has 1 saturated carbocycles. The average Bonchev–Trinajstić information content (AvgIpc) is 2.87. The fourth-order valence-corrected chi connectivity index (χ4v) is 3.50. The highest BCUT2D eigenvalue weighted by atomic mass is 19.1. The number of hydrogen-bond acceptors (Lipinski definition) is 2. The lowest BCUT2D eigenvalue weighted by molar-refractivity contribution is -0.124. The van der Waals surface area contributed by atoms with Crippen molar-refractivity contribution in [1.82, 2.24) is 5.32 Å². The van der Waals surface area contributed by atoms with Crippen LogP contribution >= 0.6 is 0 Å². The minimum atomic E-state index is -0.677. The molecule has 24 heavy (non-hydrogen) atoms. The number of rotatable bonds is 3. The molecule has 4 rings (SSSR count). The van der Waals surface area contributed by atoms with Gasteiger partial charge in [0.1, 0.15) is 5.82 Å². The molecule has 1 aliphatic carbocycles. The molecule has 4 nitrogen and oxygen atoms in total. The smallest absolute Gasteiger partial charge is 0.251 e. The molecule has 0 spiro atoms. The van der Waals surface area contributed by atoms with E-state index in [-0.39, 0.29) is 17.6 Å². The van der Waals surface area contributed by atoms with Gasteiger partial charge in [0.05, 0.1) is 5.41 Å².